The van der Waals surface area contributed by atoms with Gasteiger partial charge in [0.15, 0.2) is 0 Å². The highest BCUT2D eigenvalue weighted by Crippen LogP contribution is 2.23. The molecule has 0 amide bonds. The zero-order valence-corrected chi connectivity index (χ0v) is 11.9. The minimum Gasteiger partial charge on any atom is -0.380 e. The third-order valence-corrected chi connectivity index (χ3v) is 3.87. The Morgan fingerprint density at radius 3 is 2.75 bits per heavy atom. The van der Waals surface area contributed by atoms with Crippen LogP contribution in [0.5, 0.6) is 0 Å². The Labute approximate surface area is 119 Å². The standard InChI is InChI=1S/C18H18N2/c1-13-5-3-7-16(14(13)2)11-20-18-8-4-6-15-9-10-19-12-17(15)18/h3-10,12,20H,11H2,1-2H3. The lowest BCUT2D eigenvalue weighted by molar-refractivity contribution is 1.11. The first-order valence-electron chi connectivity index (χ1n) is 6.87. The molecule has 0 aliphatic carbocycles. The van der Waals surface area contributed by atoms with Crippen LogP contribution in [0.4, 0.5) is 5.69 Å². The van der Waals surface area contributed by atoms with Crippen molar-refractivity contribution in [2.24, 2.45) is 0 Å². The summed E-state index contributed by atoms with van der Waals surface area (Å²) in [6.45, 7) is 5.17. The highest BCUT2D eigenvalue weighted by molar-refractivity contribution is 5.93. The second-order valence-electron chi connectivity index (χ2n) is 5.11. The third kappa shape index (κ3) is 2.37. The molecule has 2 heteroatoms. The van der Waals surface area contributed by atoms with Crippen LogP contribution in [0.1, 0.15) is 16.7 Å². The van der Waals surface area contributed by atoms with Crippen LogP contribution in [0.2, 0.25) is 0 Å². The molecule has 0 saturated heterocycles. The molecule has 0 bridgehead atoms. The van der Waals surface area contributed by atoms with Gasteiger partial charge in [-0.05, 0) is 48.1 Å². The number of hydrogen-bond donors (Lipinski definition) is 1. The van der Waals surface area contributed by atoms with Gasteiger partial charge in [0.05, 0.1) is 0 Å². The average molecular weight is 262 g/mol. The van der Waals surface area contributed by atoms with Crippen LogP contribution >= 0.6 is 0 Å². The quantitative estimate of drug-likeness (QED) is 0.753. The maximum atomic E-state index is 4.22. The molecule has 100 valence electrons. The molecule has 1 N–H and O–H groups in total. The van der Waals surface area contributed by atoms with Crippen molar-refractivity contribution in [1.29, 1.82) is 0 Å². The Hall–Kier alpha value is -2.35. The summed E-state index contributed by atoms with van der Waals surface area (Å²) in [7, 11) is 0. The molecule has 1 aromatic heterocycles. The Kier molecular flexibility index (Phi) is 3.38. The minimum atomic E-state index is 0.835. The van der Waals surface area contributed by atoms with Gasteiger partial charge in [-0.25, -0.2) is 0 Å². The Balaban J connectivity index is 1.89. The fourth-order valence-corrected chi connectivity index (χ4v) is 2.46. The molecule has 0 aliphatic rings. The summed E-state index contributed by atoms with van der Waals surface area (Å²) >= 11 is 0. The summed E-state index contributed by atoms with van der Waals surface area (Å²) in [6.07, 6.45) is 3.75. The Morgan fingerprint density at radius 1 is 1.00 bits per heavy atom. The van der Waals surface area contributed by atoms with Gasteiger partial charge in [-0.2, -0.15) is 0 Å². The van der Waals surface area contributed by atoms with Crippen LogP contribution in [0, 0.1) is 13.8 Å². The number of benzene rings is 2. The van der Waals surface area contributed by atoms with Gasteiger partial charge in [0.2, 0.25) is 0 Å². The zero-order valence-electron chi connectivity index (χ0n) is 11.9. The molecule has 0 saturated carbocycles. The van der Waals surface area contributed by atoms with Crippen molar-refractivity contribution in [2.75, 3.05) is 5.32 Å². The molecule has 3 rings (SSSR count). The summed E-state index contributed by atoms with van der Waals surface area (Å²) < 4.78 is 0. The predicted octanol–water partition coefficient (Wildman–Crippen LogP) is 4.46. The lowest BCUT2D eigenvalue weighted by atomic mass is 10.0. The van der Waals surface area contributed by atoms with Crippen molar-refractivity contribution in [3.8, 4) is 0 Å². The number of hydrogen-bond acceptors (Lipinski definition) is 2. The van der Waals surface area contributed by atoms with Crippen LogP contribution in [0.25, 0.3) is 10.8 Å². The van der Waals surface area contributed by atoms with Gasteiger partial charge >= 0.3 is 0 Å². The molecular weight excluding hydrogens is 244 g/mol. The van der Waals surface area contributed by atoms with Crippen molar-refractivity contribution >= 4 is 16.5 Å². The first kappa shape index (κ1) is 12.7. The number of rotatable bonds is 3. The molecule has 3 aromatic rings. The Bertz CT molecular complexity index is 742. The molecule has 0 atom stereocenters. The van der Waals surface area contributed by atoms with Gasteiger partial charge in [-0.15, -0.1) is 0 Å². The van der Waals surface area contributed by atoms with E-state index in [2.05, 4.69) is 60.5 Å². The van der Waals surface area contributed by atoms with E-state index >= 15 is 0 Å². The molecule has 0 unspecified atom stereocenters. The zero-order chi connectivity index (χ0) is 13.9. The van der Waals surface area contributed by atoms with Gasteiger partial charge in [0.25, 0.3) is 0 Å². The molecule has 2 aromatic carbocycles. The summed E-state index contributed by atoms with van der Waals surface area (Å²) in [5.41, 5.74) is 5.17. The lowest BCUT2D eigenvalue weighted by Gasteiger charge is -2.12. The van der Waals surface area contributed by atoms with E-state index in [0.717, 1.165) is 12.2 Å². The summed E-state index contributed by atoms with van der Waals surface area (Å²) in [5.74, 6) is 0. The van der Waals surface area contributed by atoms with Gasteiger partial charge in [-0.1, -0.05) is 30.3 Å². The number of aryl methyl sites for hydroxylation is 1. The fraction of sp³-hybridized carbons (Fsp3) is 0.167. The number of fused-ring (bicyclic) bond motifs is 1. The van der Waals surface area contributed by atoms with E-state index in [0.29, 0.717) is 0 Å². The lowest BCUT2D eigenvalue weighted by Crippen LogP contribution is -2.02. The van der Waals surface area contributed by atoms with E-state index in [1.165, 1.54) is 27.5 Å². The first-order chi connectivity index (χ1) is 9.75. The van der Waals surface area contributed by atoms with Gasteiger partial charge in [0.1, 0.15) is 0 Å². The third-order valence-electron chi connectivity index (χ3n) is 3.87. The molecule has 0 radical (unpaired) electrons. The summed E-state index contributed by atoms with van der Waals surface area (Å²) in [6, 6.07) is 14.8. The van der Waals surface area contributed by atoms with E-state index < -0.39 is 0 Å². The summed E-state index contributed by atoms with van der Waals surface area (Å²) in [5, 5.41) is 5.91. The van der Waals surface area contributed by atoms with E-state index in [9.17, 15) is 0 Å². The maximum absolute atomic E-state index is 4.22. The topological polar surface area (TPSA) is 24.9 Å². The SMILES string of the molecule is Cc1cccc(CNc2cccc3ccncc23)c1C. The van der Waals surface area contributed by atoms with Crippen LogP contribution in [0.3, 0.4) is 0 Å². The van der Waals surface area contributed by atoms with Crippen molar-refractivity contribution < 1.29 is 0 Å². The largest absolute Gasteiger partial charge is 0.380 e. The molecule has 2 nitrogen and oxygen atoms in total. The predicted molar refractivity (Wildman–Crippen MR) is 85.0 cm³/mol. The highest BCUT2D eigenvalue weighted by atomic mass is 14.9. The Morgan fingerprint density at radius 2 is 1.85 bits per heavy atom. The highest BCUT2D eigenvalue weighted by Gasteiger charge is 2.03. The molecule has 1 heterocycles. The molecule has 0 aliphatic heterocycles. The number of nitrogens with zero attached hydrogens (tertiary/aromatic N) is 1. The number of pyridine rings is 1. The monoisotopic (exact) mass is 262 g/mol. The van der Waals surface area contributed by atoms with Crippen molar-refractivity contribution in [3.05, 3.63) is 71.5 Å². The fourth-order valence-electron chi connectivity index (χ4n) is 2.46. The molecule has 0 fully saturated rings. The van der Waals surface area contributed by atoms with Crippen molar-refractivity contribution in [2.45, 2.75) is 20.4 Å². The molecular formula is C18H18N2. The maximum Gasteiger partial charge on any atom is 0.0438 e. The second-order valence-corrected chi connectivity index (χ2v) is 5.11. The van der Waals surface area contributed by atoms with E-state index in [-0.39, 0.29) is 0 Å². The summed E-state index contributed by atoms with van der Waals surface area (Å²) in [4.78, 5) is 4.22. The van der Waals surface area contributed by atoms with Crippen LogP contribution in [0.15, 0.2) is 54.9 Å². The minimum absolute atomic E-state index is 0.835. The number of anilines is 1. The van der Waals surface area contributed by atoms with E-state index in [1.807, 2.05) is 18.5 Å². The molecule has 0 spiro atoms. The van der Waals surface area contributed by atoms with Gasteiger partial charge in [-0.3, -0.25) is 4.98 Å². The first-order valence-corrected chi connectivity index (χ1v) is 6.87. The van der Waals surface area contributed by atoms with Gasteiger partial charge < -0.3 is 5.32 Å². The van der Waals surface area contributed by atoms with Crippen LogP contribution < -0.4 is 5.32 Å². The van der Waals surface area contributed by atoms with Crippen LogP contribution in [-0.2, 0) is 6.54 Å². The molecule has 20 heavy (non-hydrogen) atoms. The van der Waals surface area contributed by atoms with E-state index in [4.69, 9.17) is 0 Å². The number of aromatic nitrogens is 1. The number of nitrogens with one attached hydrogen (secondary N) is 1. The second kappa shape index (κ2) is 5.33. The van der Waals surface area contributed by atoms with E-state index in [1.54, 1.807) is 0 Å². The smallest absolute Gasteiger partial charge is 0.0438 e. The van der Waals surface area contributed by atoms with Gasteiger partial charge in [0, 0.05) is 30.0 Å². The normalized spacial score (nSPS) is 10.7. The van der Waals surface area contributed by atoms with Crippen molar-refractivity contribution in [1.82, 2.24) is 4.98 Å². The van der Waals surface area contributed by atoms with Crippen LogP contribution in [-0.4, -0.2) is 4.98 Å². The van der Waals surface area contributed by atoms with Crippen molar-refractivity contribution in [3.63, 3.8) is 0 Å². The average Bonchev–Trinajstić information content (AvgIpc) is 2.49.